The second-order valence-electron chi connectivity index (χ2n) is 5.26. The minimum absolute atomic E-state index is 0.0355. The number of para-hydroxylation sites is 1. The molecule has 0 saturated heterocycles. The SMILES string of the molecule is O=C(CNc1ncccc1[N+](=O)[O-])N1CCCc2ccccc21. The molecule has 1 aliphatic heterocycles. The largest absolute Gasteiger partial charge is 0.355 e. The molecule has 0 fully saturated rings. The van der Waals surface area contributed by atoms with E-state index in [1.165, 1.54) is 18.3 Å². The van der Waals surface area contributed by atoms with Gasteiger partial charge in [-0.3, -0.25) is 14.9 Å². The highest BCUT2D eigenvalue weighted by molar-refractivity contribution is 5.97. The molecule has 1 aromatic carbocycles. The van der Waals surface area contributed by atoms with Crippen molar-refractivity contribution in [2.24, 2.45) is 0 Å². The predicted molar refractivity (Wildman–Crippen MR) is 86.5 cm³/mol. The number of nitro groups is 1. The molecule has 0 spiro atoms. The highest BCUT2D eigenvalue weighted by Gasteiger charge is 2.23. The average molecular weight is 312 g/mol. The van der Waals surface area contributed by atoms with Gasteiger partial charge in [-0.05, 0) is 30.5 Å². The normalized spacial score (nSPS) is 13.3. The van der Waals surface area contributed by atoms with E-state index in [4.69, 9.17) is 0 Å². The Labute approximate surface area is 133 Å². The van der Waals surface area contributed by atoms with Crippen LogP contribution in [0, 0.1) is 10.1 Å². The van der Waals surface area contributed by atoms with E-state index in [0.717, 1.165) is 24.1 Å². The number of nitrogens with zero attached hydrogens (tertiary/aromatic N) is 3. The Morgan fingerprint density at radius 3 is 2.96 bits per heavy atom. The number of aryl methyl sites for hydroxylation is 1. The van der Waals surface area contributed by atoms with Crippen LogP contribution in [0.25, 0.3) is 0 Å². The molecule has 3 rings (SSSR count). The maximum Gasteiger partial charge on any atom is 0.311 e. The van der Waals surface area contributed by atoms with E-state index >= 15 is 0 Å². The number of fused-ring (bicyclic) bond motifs is 1. The van der Waals surface area contributed by atoms with Crippen molar-refractivity contribution in [3.8, 4) is 0 Å². The summed E-state index contributed by atoms with van der Waals surface area (Å²) in [5, 5.41) is 13.7. The Kier molecular flexibility index (Phi) is 4.18. The van der Waals surface area contributed by atoms with Crippen LogP contribution in [0.1, 0.15) is 12.0 Å². The summed E-state index contributed by atoms with van der Waals surface area (Å²) in [6.45, 7) is 0.619. The predicted octanol–water partition coefficient (Wildman–Crippen LogP) is 2.38. The Hall–Kier alpha value is -2.96. The lowest BCUT2D eigenvalue weighted by molar-refractivity contribution is -0.384. The number of rotatable bonds is 4. The molecule has 1 N–H and O–H groups in total. The number of benzene rings is 1. The monoisotopic (exact) mass is 312 g/mol. The second kappa shape index (κ2) is 6.43. The summed E-state index contributed by atoms with van der Waals surface area (Å²) in [5.74, 6) is -0.0201. The summed E-state index contributed by atoms with van der Waals surface area (Å²) in [6.07, 6.45) is 3.32. The first-order valence-electron chi connectivity index (χ1n) is 7.38. The molecule has 0 saturated carbocycles. The van der Waals surface area contributed by atoms with E-state index in [1.807, 2.05) is 24.3 Å². The van der Waals surface area contributed by atoms with Gasteiger partial charge in [0.1, 0.15) is 0 Å². The fraction of sp³-hybridized carbons (Fsp3) is 0.250. The van der Waals surface area contributed by atoms with E-state index in [9.17, 15) is 14.9 Å². The number of carbonyl (C=O) groups is 1. The third-order valence-electron chi connectivity index (χ3n) is 3.80. The van der Waals surface area contributed by atoms with Gasteiger partial charge in [-0.15, -0.1) is 0 Å². The Bertz CT molecular complexity index is 748. The van der Waals surface area contributed by atoms with Crippen LogP contribution in [-0.4, -0.2) is 28.9 Å². The fourth-order valence-electron chi connectivity index (χ4n) is 2.73. The molecule has 7 heteroatoms. The fourth-order valence-corrected chi connectivity index (χ4v) is 2.73. The smallest absolute Gasteiger partial charge is 0.311 e. The van der Waals surface area contributed by atoms with Crippen molar-refractivity contribution < 1.29 is 9.72 Å². The van der Waals surface area contributed by atoms with Crippen molar-refractivity contribution >= 4 is 23.1 Å². The molecule has 1 aliphatic rings. The summed E-state index contributed by atoms with van der Waals surface area (Å²) in [4.78, 5) is 28.6. The number of anilines is 2. The van der Waals surface area contributed by atoms with E-state index in [2.05, 4.69) is 10.3 Å². The molecule has 118 valence electrons. The van der Waals surface area contributed by atoms with Crippen LogP contribution in [0.2, 0.25) is 0 Å². The first-order valence-corrected chi connectivity index (χ1v) is 7.38. The molecule has 0 aliphatic carbocycles. The molecule has 0 radical (unpaired) electrons. The van der Waals surface area contributed by atoms with E-state index in [0.29, 0.717) is 6.54 Å². The highest BCUT2D eigenvalue weighted by atomic mass is 16.6. The lowest BCUT2D eigenvalue weighted by Crippen LogP contribution is -2.39. The Morgan fingerprint density at radius 1 is 1.30 bits per heavy atom. The van der Waals surface area contributed by atoms with Gasteiger partial charge in [0, 0.05) is 24.5 Å². The minimum atomic E-state index is -0.518. The number of nitrogens with one attached hydrogen (secondary N) is 1. The molecular formula is C16H16N4O3. The van der Waals surface area contributed by atoms with Crippen LogP contribution in [0.15, 0.2) is 42.6 Å². The average Bonchev–Trinajstić information content (AvgIpc) is 2.59. The maximum absolute atomic E-state index is 12.5. The van der Waals surface area contributed by atoms with E-state index in [-0.39, 0.29) is 24.0 Å². The van der Waals surface area contributed by atoms with Crippen LogP contribution in [-0.2, 0) is 11.2 Å². The van der Waals surface area contributed by atoms with Gasteiger partial charge in [-0.1, -0.05) is 18.2 Å². The third kappa shape index (κ3) is 3.13. The quantitative estimate of drug-likeness (QED) is 0.691. The van der Waals surface area contributed by atoms with Gasteiger partial charge in [-0.2, -0.15) is 0 Å². The van der Waals surface area contributed by atoms with Gasteiger partial charge in [0.25, 0.3) is 0 Å². The molecule has 1 aromatic heterocycles. The Balaban J connectivity index is 1.73. The number of aromatic nitrogens is 1. The van der Waals surface area contributed by atoms with Crippen LogP contribution < -0.4 is 10.2 Å². The van der Waals surface area contributed by atoms with Gasteiger partial charge in [-0.25, -0.2) is 4.98 Å². The molecule has 1 amide bonds. The van der Waals surface area contributed by atoms with Gasteiger partial charge in [0.05, 0.1) is 11.5 Å². The highest BCUT2D eigenvalue weighted by Crippen LogP contribution is 2.27. The summed E-state index contributed by atoms with van der Waals surface area (Å²) in [6, 6.07) is 10.7. The number of hydrogen-bond acceptors (Lipinski definition) is 5. The molecular weight excluding hydrogens is 296 g/mol. The molecule has 0 bridgehead atoms. The zero-order chi connectivity index (χ0) is 16.2. The van der Waals surface area contributed by atoms with Gasteiger partial charge < -0.3 is 10.2 Å². The summed E-state index contributed by atoms with van der Waals surface area (Å²) in [5.41, 5.74) is 1.93. The number of pyridine rings is 1. The first kappa shape index (κ1) is 15.0. The van der Waals surface area contributed by atoms with E-state index in [1.54, 1.807) is 4.90 Å². The minimum Gasteiger partial charge on any atom is -0.355 e. The van der Waals surface area contributed by atoms with Crippen molar-refractivity contribution in [3.05, 3.63) is 58.3 Å². The summed E-state index contributed by atoms with van der Waals surface area (Å²) in [7, 11) is 0. The molecule has 0 atom stereocenters. The van der Waals surface area contributed by atoms with Gasteiger partial charge in [0.15, 0.2) is 0 Å². The maximum atomic E-state index is 12.5. The lowest BCUT2D eigenvalue weighted by atomic mass is 10.0. The topological polar surface area (TPSA) is 88.4 Å². The zero-order valence-electron chi connectivity index (χ0n) is 12.4. The molecule has 2 aromatic rings. The van der Waals surface area contributed by atoms with Crippen LogP contribution in [0.3, 0.4) is 0 Å². The summed E-state index contributed by atoms with van der Waals surface area (Å²) < 4.78 is 0. The van der Waals surface area contributed by atoms with Gasteiger partial charge in [0.2, 0.25) is 11.7 Å². The van der Waals surface area contributed by atoms with Crippen molar-refractivity contribution in [2.75, 3.05) is 23.3 Å². The standard InChI is InChI=1S/C16H16N4O3/c21-15(11-18-16-14(20(22)23)8-3-9-17-16)19-10-4-6-12-5-1-2-7-13(12)19/h1-3,5,7-9H,4,6,10-11H2,(H,17,18). The van der Waals surface area contributed by atoms with Crippen LogP contribution in [0.5, 0.6) is 0 Å². The van der Waals surface area contributed by atoms with Crippen molar-refractivity contribution in [2.45, 2.75) is 12.8 Å². The van der Waals surface area contributed by atoms with Crippen molar-refractivity contribution in [3.63, 3.8) is 0 Å². The molecule has 0 unspecified atom stereocenters. The van der Waals surface area contributed by atoms with Crippen molar-refractivity contribution in [1.82, 2.24) is 4.98 Å². The molecule has 7 nitrogen and oxygen atoms in total. The van der Waals surface area contributed by atoms with Crippen LogP contribution >= 0.6 is 0 Å². The zero-order valence-corrected chi connectivity index (χ0v) is 12.4. The second-order valence-corrected chi connectivity index (χ2v) is 5.26. The Morgan fingerprint density at radius 2 is 2.13 bits per heavy atom. The summed E-state index contributed by atoms with van der Waals surface area (Å²) >= 11 is 0. The lowest BCUT2D eigenvalue weighted by Gasteiger charge is -2.29. The van der Waals surface area contributed by atoms with Gasteiger partial charge >= 0.3 is 5.69 Å². The number of carbonyl (C=O) groups excluding carboxylic acids is 1. The molecule has 23 heavy (non-hydrogen) atoms. The number of amides is 1. The molecule has 2 heterocycles. The number of hydrogen-bond donors (Lipinski definition) is 1. The van der Waals surface area contributed by atoms with Crippen LogP contribution in [0.4, 0.5) is 17.2 Å². The third-order valence-corrected chi connectivity index (χ3v) is 3.80. The van der Waals surface area contributed by atoms with E-state index < -0.39 is 4.92 Å². The van der Waals surface area contributed by atoms with Crippen molar-refractivity contribution in [1.29, 1.82) is 0 Å². The first-order chi connectivity index (χ1) is 11.2.